The summed E-state index contributed by atoms with van der Waals surface area (Å²) >= 11 is 0. The molecule has 3 N–H and O–H groups in total. The standard InChI is InChI=1S/C27H33NO3/c1-27-11-10-22-21-9-7-20(31-2)14-17(21)6-8-23(22)24(27)15-19(25(27)29)13-16-4-3-5-18(12-16)26(28)30/h3-5,7,9,12,14,19,22-25,29H,6,8,10-11,13,15H2,1-2H3,(H2,28,30)/t19-,22+,23+,24-,25-,27-/m0/s1. The zero-order valence-electron chi connectivity index (χ0n) is 18.5. The van der Waals surface area contributed by atoms with Crippen molar-refractivity contribution in [2.45, 2.75) is 57.5 Å². The van der Waals surface area contributed by atoms with E-state index >= 15 is 0 Å². The molecule has 0 radical (unpaired) electrons. The number of ether oxygens (including phenoxy) is 1. The monoisotopic (exact) mass is 419 g/mol. The fraction of sp³-hybridized carbons (Fsp3) is 0.519. The van der Waals surface area contributed by atoms with Crippen molar-refractivity contribution in [2.24, 2.45) is 28.9 Å². The lowest BCUT2D eigenvalue weighted by molar-refractivity contribution is -0.0325. The molecule has 6 atom stereocenters. The number of aliphatic hydroxyl groups is 1. The molecular weight excluding hydrogens is 386 g/mol. The number of aryl methyl sites for hydroxylation is 1. The topological polar surface area (TPSA) is 72.6 Å². The van der Waals surface area contributed by atoms with Gasteiger partial charge in [0.2, 0.25) is 5.91 Å². The van der Waals surface area contributed by atoms with Crippen LogP contribution in [0.5, 0.6) is 5.75 Å². The van der Waals surface area contributed by atoms with E-state index in [0.29, 0.717) is 23.3 Å². The first-order valence-electron chi connectivity index (χ1n) is 11.6. The van der Waals surface area contributed by atoms with Crippen LogP contribution in [0.25, 0.3) is 0 Å². The third-order valence-corrected chi connectivity index (χ3v) is 8.76. The minimum Gasteiger partial charge on any atom is -0.497 e. The van der Waals surface area contributed by atoms with Crippen LogP contribution in [0, 0.1) is 23.2 Å². The van der Waals surface area contributed by atoms with Crippen molar-refractivity contribution in [2.75, 3.05) is 7.11 Å². The molecule has 4 nitrogen and oxygen atoms in total. The Labute approximate surface area is 184 Å². The number of aliphatic hydroxyl groups excluding tert-OH is 1. The number of carbonyl (C=O) groups is 1. The van der Waals surface area contributed by atoms with Gasteiger partial charge in [0.1, 0.15) is 5.75 Å². The van der Waals surface area contributed by atoms with E-state index in [1.54, 1.807) is 13.2 Å². The molecule has 3 aliphatic rings. The average molecular weight is 420 g/mol. The molecule has 3 aliphatic carbocycles. The van der Waals surface area contributed by atoms with Gasteiger partial charge in [-0.15, -0.1) is 0 Å². The second-order valence-corrected chi connectivity index (χ2v) is 10.2. The quantitative estimate of drug-likeness (QED) is 0.767. The summed E-state index contributed by atoms with van der Waals surface area (Å²) in [5, 5.41) is 11.4. The Hall–Kier alpha value is -2.33. The van der Waals surface area contributed by atoms with E-state index < -0.39 is 5.91 Å². The molecule has 0 heterocycles. The van der Waals surface area contributed by atoms with Gasteiger partial charge in [-0.05, 0) is 109 Å². The molecule has 5 rings (SSSR count). The molecule has 2 aromatic carbocycles. The second-order valence-electron chi connectivity index (χ2n) is 10.2. The van der Waals surface area contributed by atoms with Gasteiger partial charge in [-0.2, -0.15) is 0 Å². The summed E-state index contributed by atoms with van der Waals surface area (Å²) < 4.78 is 5.45. The molecule has 164 valence electrons. The minimum atomic E-state index is -0.394. The highest BCUT2D eigenvalue weighted by Crippen LogP contribution is 2.62. The number of nitrogens with two attached hydrogens (primary N) is 1. The van der Waals surface area contributed by atoms with Gasteiger partial charge in [0.25, 0.3) is 0 Å². The number of methoxy groups -OCH3 is 1. The maximum absolute atomic E-state index is 11.6. The van der Waals surface area contributed by atoms with E-state index in [1.807, 2.05) is 12.1 Å². The van der Waals surface area contributed by atoms with Gasteiger partial charge in [-0.1, -0.05) is 25.1 Å². The van der Waals surface area contributed by atoms with Crippen LogP contribution in [0.4, 0.5) is 0 Å². The van der Waals surface area contributed by atoms with Crippen LogP contribution in [0.2, 0.25) is 0 Å². The van der Waals surface area contributed by atoms with Gasteiger partial charge in [-0.3, -0.25) is 4.79 Å². The molecule has 0 bridgehead atoms. The molecule has 0 unspecified atom stereocenters. The Bertz CT molecular complexity index is 1000. The van der Waals surface area contributed by atoms with Gasteiger partial charge < -0.3 is 15.6 Å². The first-order valence-corrected chi connectivity index (χ1v) is 11.6. The van der Waals surface area contributed by atoms with E-state index in [2.05, 4.69) is 31.2 Å². The number of rotatable bonds is 4. The van der Waals surface area contributed by atoms with Crippen LogP contribution in [-0.4, -0.2) is 24.2 Å². The Kier molecular flexibility index (Phi) is 5.09. The fourth-order valence-corrected chi connectivity index (χ4v) is 7.19. The fourth-order valence-electron chi connectivity index (χ4n) is 7.19. The smallest absolute Gasteiger partial charge is 0.248 e. The zero-order valence-corrected chi connectivity index (χ0v) is 18.5. The van der Waals surface area contributed by atoms with Crippen LogP contribution in [0.15, 0.2) is 42.5 Å². The second kappa shape index (κ2) is 7.67. The summed E-state index contributed by atoms with van der Waals surface area (Å²) in [7, 11) is 1.73. The van der Waals surface area contributed by atoms with Crippen LogP contribution >= 0.6 is 0 Å². The third kappa shape index (κ3) is 3.36. The first kappa shape index (κ1) is 20.6. The number of hydrogen-bond acceptors (Lipinski definition) is 3. The lowest BCUT2D eigenvalue weighted by Crippen LogP contribution is -2.44. The number of carbonyl (C=O) groups excluding carboxylic acids is 1. The molecule has 0 aromatic heterocycles. The normalized spacial score (nSPS) is 33.8. The highest BCUT2D eigenvalue weighted by atomic mass is 16.5. The van der Waals surface area contributed by atoms with E-state index in [9.17, 15) is 9.90 Å². The van der Waals surface area contributed by atoms with E-state index in [-0.39, 0.29) is 17.4 Å². The van der Waals surface area contributed by atoms with Crippen molar-refractivity contribution in [1.82, 2.24) is 0 Å². The van der Waals surface area contributed by atoms with Crippen LogP contribution < -0.4 is 10.5 Å². The maximum Gasteiger partial charge on any atom is 0.248 e. The average Bonchev–Trinajstić information content (AvgIpc) is 3.03. The Morgan fingerprint density at radius 1 is 1.23 bits per heavy atom. The Balaban J connectivity index is 1.39. The summed E-state index contributed by atoms with van der Waals surface area (Å²) in [6.07, 6.45) is 6.09. The molecular formula is C27H33NO3. The molecule has 2 aromatic rings. The molecule has 0 spiro atoms. The van der Waals surface area contributed by atoms with E-state index in [1.165, 1.54) is 17.5 Å². The summed E-state index contributed by atoms with van der Waals surface area (Å²) in [4.78, 5) is 11.6. The summed E-state index contributed by atoms with van der Waals surface area (Å²) in [5.41, 5.74) is 10.1. The van der Waals surface area contributed by atoms with Gasteiger partial charge in [0.15, 0.2) is 0 Å². The highest BCUT2D eigenvalue weighted by Gasteiger charge is 2.57. The van der Waals surface area contributed by atoms with Gasteiger partial charge >= 0.3 is 0 Å². The molecule has 31 heavy (non-hydrogen) atoms. The summed E-state index contributed by atoms with van der Waals surface area (Å²) in [6.45, 7) is 2.32. The molecule has 1 amide bonds. The minimum absolute atomic E-state index is 0.0168. The predicted octanol–water partition coefficient (Wildman–Crippen LogP) is 4.48. The number of fused-ring (bicyclic) bond motifs is 5. The molecule has 4 heteroatoms. The van der Waals surface area contributed by atoms with Crippen LogP contribution in [-0.2, 0) is 12.8 Å². The predicted molar refractivity (Wildman–Crippen MR) is 121 cm³/mol. The number of primary amides is 1. The third-order valence-electron chi connectivity index (χ3n) is 8.76. The number of amides is 1. The van der Waals surface area contributed by atoms with Crippen molar-refractivity contribution in [3.05, 3.63) is 64.7 Å². The molecule has 0 aliphatic heterocycles. The first-order chi connectivity index (χ1) is 14.9. The summed E-state index contributed by atoms with van der Waals surface area (Å²) in [5.74, 6) is 2.56. The van der Waals surface area contributed by atoms with E-state index in [0.717, 1.165) is 43.4 Å². The molecule has 2 saturated carbocycles. The van der Waals surface area contributed by atoms with Crippen molar-refractivity contribution in [3.8, 4) is 5.75 Å². The lowest BCUT2D eigenvalue weighted by Gasteiger charge is -2.50. The Morgan fingerprint density at radius 3 is 2.84 bits per heavy atom. The van der Waals surface area contributed by atoms with Crippen molar-refractivity contribution < 1.29 is 14.6 Å². The van der Waals surface area contributed by atoms with Crippen molar-refractivity contribution >= 4 is 5.91 Å². The number of hydrogen-bond donors (Lipinski definition) is 2. The molecule has 0 saturated heterocycles. The van der Waals surface area contributed by atoms with Crippen molar-refractivity contribution in [3.63, 3.8) is 0 Å². The van der Waals surface area contributed by atoms with E-state index in [4.69, 9.17) is 10.5 Å². The number of benzene rings is 2. The molecule has 2 fully saturated rings. The zero-order chi connectivity index (χ0) is 21.8. The summed E-state index contributed by atoms with van der Waals surface area (Å²) in [6, 6.07) is 14.2. The SMILES string of the molecule is COc1ccc2c(c1)CC[C@@H]1[C@@H]2CC[C@]2(C)[C@@H](O)[C@@H](Cc3cccc(C(N)=O)c3)C[C@@H]12. The van der Waals surface area contributed by atoms with Crippen molar-refractivity contribution in [1.29, 1.82) is 0 Å². The maximum atomic E-state index is 11.6. The van der Waals surface area contributed by atoms with Gasteiger partial charge in [0.05, 0.1) is 13.2 Å². The van der Waals surface area contributed by atoms with Crippen LogP contribution in [0.1, 0.15) is 65.6 Å². The lowest BCUT2D eigenvalue weighted by atomic mass is 9.55. The van der Waals surface area contributed by atoms with Crippen LogP contribution in [0.3, 0.4) is 0 Å². The van der Waals surface area contributed by atoms with Gasteiger partial charge in [-0.25, -0.2) is 0 Å². The highest BCUT2D eigenvalue weighted by molar-refractivity contribution is 5.92. The largest absolute Gasteiger partial charge is 0.497 e. The van der Waals surface area contributed by atoms with Gasteiger partial charge in [0, 0.05) is 5.56 Å². The Morgan fingerprint density at radius 2 is 2.06 bits per heavy atom.